The molecule has 6 heteroatoms. The molecule has 0 aliphatic carbocycles. The van der Waals surface area contributed by atoms with E-state index in [0.717, 1.165) is 26.4 Å². The second-order valence-corrected chi connectivity index (χ2v) is 6.67. The van der Waals surface area contributed by atoms with E-state index in [9.17, 15) is 0 Å². The van der Waals surface area contributed by atoms with Crippen LogP contribution in [-0.4, -0.2) is 15.4 Å². The second kappa shape index (κ2) is 5.71. The summed E-state index contributed by atoms with van der Waals surface area (Å²) < 4.78 is 9.11. The molecule has 0 aliphatic heterocycles. The number of nitrogens with two attached hydrogens (primary N) is 1. The van der Waals surface area contributed by atoms with Crippen molar-refractivity contribution in [1.29, 1.82) is 0 Å². The van der Waals surface area contributed by atoms with Crippen molar-refractivity contribution in [1.82, 2.24) is 9.38 Å². The number of fused-ring (bicyclic) bond motifs is 1. The fourth-order valence-corrected chi connectivity index (χ4v) is 3.24. The van der Waals surface area contributed by atoms with Crippen LogP contribution in [0.3, 0.4) is 0 Å². The molecule has 0 spiro atoms. The third-order valence-corrected chi connectivity index (χ3v) is 4.53. The quantitative estimate of drug-likeness (QED) is 0.681. The Kier molecular flexibility index (Phi) is 3.95. The van der Waals surface area contributed by atoms with Gasteiger partial charge in [0.1, 0.15) is 5.75 Å². The highest BCUT2D eigenvalue weighted by Gasteiger charge is 2.17. The van der Waals surface area contributed by atoms with E-state index < -0.39 is 0 Å². The van der Waals surface area contributed by atoms with Crippen molar-refractivity contribution in [2.45, 2.75) is 19.4 Å². The number of imidazole rings is 1. The molecular weight excluding hydrogens is 385 g/mol. The lowest BCUT2D eigenvalue weighted by atomic mass is 10.2. The van der Waals surface area contributed by atoms with E-state index in [-0.39, 0.29) is 6.04 Å². The van der Waals surface area contributed by atoms with Crippen molar-refractivity contribution < 1.29 is 4.74 Å². The lowest BCUT2D eigenvalue weighted by Gasteiger charge is -2.09. The molecule has 2 aromatic heterocycles. The average Bonchev–Trinajstić information content (AvgIpc) is 2.95. The number of thiazole rings is 1. The minimum Gasteiger partial charge on any atom is -0.436 e. The van der Waals surface area contributed by atoms with Gasteiger partial charge in [-0.05, 0) is 41.6 Å². The number of hydrogen-bond acceptors (Lipinski definition) is 4. The van der Waals surface area contributed by atoms with Crippen molar-refractivity contribution in [2.24, 2.45) is 5.73 Å². The zero-order valence-corrected chi connectivity index (χ0v) is 13.9. The van der Waals surface area contributed by atoms with Crippen LogP contribution in [0.25, 0.3) is 4.96 Å². The van der Waals surface area contributed by atoms with E-state index in [1.807, 2.05) is 42.8 Å². The van der Waals surface area contributed by atoms with Crippen LogP contribution in [0.4, 0.5) is 0 Å². The highest BCUT2D eigenvalue weighted by molar-refractivity contribution is 14.1. The molecule has 4 nitrogen and oxygen atoms in total. The van der Waals surface area contributed by atoms with Gasteiger partial charge < -0.3 is 10.5 Å². The van der Waals surface area contributed by atoms with Gasteiger partial charge in [-0.1, -0.05) is 12.1 Å². The van der Waals surface area contributed by atoms with Gasteiger partial charge >= 0.3 is 0 Å². The Morgan fingerprint density at radius 3 is 3.00 bits per heavy atom. The van der Waals surface area contributed by atoms with Gasteiger partial charge in [0.25, 0.3) is 0 Å². The van der Waals surface area contributed by atoms with Gasteiger partial charge in [-0.2, -0.15) is 4.98 Å². The summed E-state index contributed by atoms with van der Waals surface area (Å²) in [5, 5.41) is 2.02. The van der Waals surface area contributed by atoms with Crippen molar-refractivity contribution in [3.8, 4) is 11.6 Å². The minimum absolute atomic E-state index is 0.0620. The Bertz CT molecular complexity index is 735. The van der Waals surface area contributed by atoms with Crippen molar-refractivity contribution in [3.05, 3.63) is 45.1 Å². The molecule has 0 saturated heterocycles. The molecule has 0 fully saturated rings. The van der Waals surface area contributed by atoms with Crippen molar-refractivity contribution >= 4 is 38.9 Å². The number of aromatic nitrogens is 2. The first-order valence-corrected chi connectivity index (χ1v) is 8.23. The Labute approximate surface area is 134 Å². The zero-order chi connectivity index (χ0) is 14.1. The van der Waals surface area contributed by atoms with Crippen LogP contribution in [0.5, 0.6) is 11.6 Å². The van der Waals surface area contributed by atoms with E-state index in [2.05, 4.69) is 32.0 Å². The van der Waals surface area contributed by atoms with Gasteiger partial charge in [0.05, 0.1) is 9.26 Å². The topological polar surface area (TPSA) is 52.5 Å². The molecule has 1 atom stereocenters. The summed E-state index contributed by atoms with van der Waals surface area (Å²) in [6, 6.07) is 7.97. The van der Waals surface area contributed by atoms with Crippen LogP contribution in [0.1, 0.15) is 12.6 Å². The first-order chi connectivity index (χ1) is 9.65. The summed E-state index contributed by atoms with van der Waals surface area (Å²) in [6.45, 7) is 1.99. The van der Waals surface area contributed by atoms with E-state index in [1.54, 1.807) is 11.3 Å². The number of nitrogens with zero attached hydrogens (tertiary/aromatic N) is 2. The Balaban J connectivity index is 2.02. The largest absolute Gasteiger partial charge is 0.436 e. The van der Waals surface area contributed by atoms with Crippen LogP contribution >= 0.6 is 33.9 Å². The molecule has 3 rings (SSSR count). The minimum atomic E-state index is 0.0620. The summed E-state index contributed by atoms with van der Waals surface area (Å²) in [4.78, 5) is 5.49. The molecule has 2 N–H and O–H groups in total. The number of ether oxygens (including phenoxy) is 1. The molecule has 0 bridgehead atoms. The molecule has 0 radical (unpaired) electrons. The van der Waals surface area contributed by atoms with Gasteiger partial charge in [-0.15, -0.1) is 11.3 Å². The summed E-state index contributed by atoms with van der Waals surface area (Å²) in [7, 11) is 0. The third-order valence-electron chi connectivity index (χ3n) is 2.88. The first kappa shape index (κ1) is 13.8. The van der Waals surface area contributed by atoms with E-state index >= 15 is 0 Å². The number of para-hydroxylation sites is 1. The Hall–Kier alpha value is -1.12. The maximum Gasteiger partial charge on any atom is 0.242 e. The maximum atomic E-state index is 6.00. The third kappa shape index (κ3) is 2.68. The van der Waals surface area contributed by atoms with Crippen LogP contribution in [0, 0.1) is 3.57 Å². The van der Waals surface area contributed by atoms with Gasteiger partial charge in [-0.3, -0.25) is 4.40 Å². The van der Waals surface area contributed by atoms with Crippen LogP contribution < -0.4 is 10.5 Å². The summed E-state index contributed by atoms with van der Waals surface area (Å²) >= 11 is 3.85. The molecule has 20 heavy (non-hydrogen) atoms. The average molecular weight is 399 g/mol. The van der Waals surface area contributed by atoms with Gasteiger partial charge in [0, 0.05) is 24.0 Å². The van der Waals surface area contributed by atoms with Crippen LogP contribution in [0.15, 0.2) is 35.8 Å². The predicted octanol–water partition coefficient (Wildman–Crippen LogP) is 3.68. The summed E-state index contributed by atoms with van der Waals surface area (Å²) in [5.74, 6) is 1.48. The monoisotopic (exact) mass is 399 g/mol. The van der Waals surface area contributed by atoms with Crippen LogP contribution in [-0.2, 0) is 6.42 Å². The lowest BCUT2D eigenvalue weighted by molar-refractivity contribution is 0.453. The van der Waals surface area contributed by atoms with E-state index in [1.165, 1.54) is 0 Å². The molecule has 1 aromatic carbocycles. The highest BCUT2D eigenvalue weighted by atomic mass is 127. The van der Waals surface area contributed by atoms with E-state index in [0.29, 0.717) is 5.88 Å². The van der Waals surface area contributed by atoms with Crippen LogP contribution in [0.2, 0.25) is 0 Å². The zero-order valence-electron chi connectivity index (χ0n) is 10.9. The molecule has 0 saturated carbocycles. The van der Waals surface area contributed by atoms with Crippen molar-refractivity contribution in [3.63, 3.8) is 0 Å². The molecule has 0 amide bonds. The maximum absolute atomic E-state index is 6.00. The van der Waals surface area contributed by atoms with Gasteiger partial charge in [0.15, 0.2) is 4.96 Å². The molecule has 104 valence electrons. The smallest absolute Gasteiger partial charge is 0.242 e. The molecule has 3 aromatic rings. The number of halogens is 1. The molecule has 2 heterocycles. The first-order valence-electron chi connectivity index (χ1n) is 6.27. The Morgan fingerprint density at radius 1 is 1.45 bits per heavy atom. The highest BCUT2D eigenvalue weighted by Crippen LogP contribution is 2.31. The van der Waals surface area contributed by atoms with Gasteiger partial charge in [0.2, 0.25) is 5.88 Å². The summed E-state index contributed by atoms with van der Waals surface area (Å²) in [6.07, 6.45) is 2.74. The lowest BCUT2D eigenvalue weighted by Crippen LogP contribution is -2.19. The second-order valence-electron chi connectivity index (χ2n) is 4.63. The van der Waals surface area contributed by atoms with Crippen molar-refractivity contribution in [2.75, 3.05) is 0 Å². The SMILES string of the molecule is CC(N)Cc1c(Oc2ccccc2I)nc2sccn12. The predicted molar refractivity (Wildman–Crippen MR) is 89.7 cm³/mol. The molecular formula is C14H14IN3OS. The van der Waals surface area contributed by atoms with E-state index in [4.69, 9.17) is 10.5 Å². The number of hydrogen-bond donors (Lipinski definition) is 1. The fraction of sp³-hybridized carbons (Fsp3) is 0.214. The molecule has 1 unspecified atom stereocenters. The normalized spacial score (nSPS) is 12.8. The fourth-order valence-electron chi connectivity index (χ4n) is 2.02. The number of benzene rings is 1. The van der Waals surface area contributed by atoms with Gasteiger partial charge in [-0.25, -0.2) is 0 Å². The number of rotatable bonds is 4. The molecule has 0 aliphatic rings. The Morgan fingerprint density at radius 2 is 2.25 bits per heavy atom. The standard InChI is InChI=1S/C14H14IN3OS/c1-9(16)8-11-13(17-14-18(11)6-7-20-14)19-12-5-3-2-4-10(12)15/h2-7,9H,8,16H2,1H3. The summed E-state index contributed by atoms with van der Waals surface area (Å²) in [5.41, 5.74) is 6.96.